The van der Waals surface area contributed by atoms with E-state index in [1.165, 1.54) is 38.6 Å². The van der Waals surface area contributed by atoms with E-state index in [1.807, 2.05) is 7.11 Å². The second-order valence-corrected chi connectivity index (χ2v) is 4.99. The Balaban J connectivity index is 1.90. The number of ether oxygens (including phenoxy) is 1. The van der Waals surface area contributed by atoms with Crippen LogP contribution in [0.3, 0.4) is 0 Å². The Hall–Kier alpha value is -0.120. The van der Waals surface area contributed by atoms with Crippen LogP contribution >= 0.6 is 0 Å². The maximum atomic E-state index is 5.87. The van der Waals surface area contributed by atoms with E-state index in [0.717, 1.165) is 25.0 Å². The lowest BCUT2D eigenvalue weighted by Crippen LogP contribution is -2.44. The molecular weight excluding hydrogens is 188 g/mol. The molecule has 0 amide bonds. The van der Waals surface area contributed by atoms with E-state index in [0.29, 0.717) is 6.10 Å². The first-order chi connectivity index (χ1) is 7.35. The highest BCUT2D eigenvalue weighted by atomic mass is 16.5. The van der Waals surface area contributed by atoms with Crippen molar-refractivity contribution in [2.24, 2.45) is 11.7 Å². The van der Waals surface area contributed by atoms with Gasteiger partial charge in [0, 0.05) is 26.2 Å². The average molecular weight is 212 g/mol. The van der Waals surface area contributed by atoms with Crippen molar-refractivity contribution in [3.8, 4) is 0 Å². The third kappa shape index (κ3) is 2.52. The topological polar surface area (TPSA) is 38.5 Å². The van der Waals surface area contributed by atoms with E-state index >= 15 is 0 Å². The number of methoxy groups -OCH3 is 1. The van der Waals surface area contributed by atoms with Gasteiger partial charge in [0.05, 0.1) is 6.10 Å². The molecule has 3 heteroatoms. The second-order valence-electron chi connectivity index (χ2n) is 4.99. The Morgan fingerprint density at radius 1 is 1.27 bits per heavy atom. The van der Waals surface area contributed by atoms with Gasteiger partial charge >= 0.3 is 0 Å². The van der Waals surface area contributed by atoms with Gasteiger partial charge in [0.15, 0.2) is 0 Å². The maximum absolute atomic E-state index is 5.87. The highest BCUT2D eigenvalue weighted by Gasteiger charge is 2.33. The van der Waals surface area contributed by atoms with Crippen molar-refractivity contribution in [2.45, 2.75) is 44.2 Å². The van der Waals surface area contributed by atoms with Gasteiger partial charge in [0.2, 0.25) is 0 Å². The van der Waals surface area contributed by atoms with Crippen LogP contribution in [0.5, 0.6) is 0 Å². The fourth-order valence-electron chi connectivity index (χ4n) is 3.19. The number of nitrogens with two attached hydrogens (primary N) is 1. The highest BCUT2D eigenvalue weighted by molar-refractivity contribution is 4.88. The van der Waals surface area contributed by atoms with Crippen molar-refractivity contribution < 1.29 is 4.74 Å². The lowest BCUT2D eigenvalue weighted by molar-refractivity contribution is 0.0813. The van der Waals surface area contributed by atoms with Crippen molar-refractivity contribution >= 4 is 0 Å². The molecule has 1 saturated carbocycles. The van der Waals surface area contributed by atoms with Gasteiger partial charge in [0.25, 0.3) is 0 Å². The van der Waals surface area contributed by atoms with Crippen LogP contribution < -0.4 is 5.73 Å². The van der Waals surface area contributed by atoms with Gasteiger partial charge in [-0.3, -0.25) is 4.90 Å². The summed E-state index contributed by atoms with van der Waals surface area (Å²) >= 11 is 0. The van der Waals surface area contributed by atoms with Gasteiger partial charge in [-0.15, -0.1) is 0 Å². The van der Waals surface area contributed by atoms with E-state index in [-0.39, 0.29) is 0 Å². The highest BCUT2D eigenvalue weighted by Crippen LogP contribution is 2.30. The first kappa shape index (κ1) is 11.4. The number of nitrogens with zero attached hydrogens (tertiary/aromatic N) is 1. The quantitative estimate of drug-likeness (QED) is 0.764. The molecule has 2 fully saturated rings. The largest absolute Gasteiger partial charge is 0.380 e. The molecule has 0 aromatic rings. The molecule has 2 rings (SSSR count). The molecule has 1 aliphatic carbocycles. The Bertz CT molecular complexity index is 198. The fourth-order valence-corrected chi connectivity index (χ4v) is 3.19. The summed E-state index contributed by atoms with van der Waals surface area (Å²) in [5.74, 6) is 0.731. The molecule has 88 valence electrons. The Labute approximate surface area is 93.0 Å². The predicted molar refractivity (Wildman–Crippen MR) is 61.8 cm³/mol. The van der Waals surface area contributed by atoms with E-state index in [9.17, 15) is 0 Å². The third-order valence-corrected chi connectivity index (χ3v) is 4.15. The number of hydrogen-bond donors (Lipinski definition) is 1. The number of hydrogen-bond acceptors (Lipinski definition) is 3. The first-order valence-electron chi connectivity index (χ1n) is 6.32. The van der Waals surface area contributed by atoms with Crippen LogP contribution in [0.1, 0.15) is 32.1 Å². The molecule has 0 radical (unpaired) electrons. The van der Waals surface area contributed by atoms with Gasteiger partial charge < -0.3 is 10.5 Å². The standard InChI is InChI=1S/C12H24N2O/c1-15-11-6-7-14(9-11)12-5-3-2-4-10(12)8-13/h10-12H,2-9,13H2,1H3. The molecule has 15 heavy (non-hydrogen) atoms. The summed E-state index contributed by atoms with van der Waals surface area (Å²) in [5.41, 5.74) is 5.87. The Morgan fingerprint density at radius 2 is 2.07 bits per heavy atom. The minimum absolute atomic E-state index is 0.463. The summed E-state index contributed by atoms with van der Waals surface area (Å²) in [4.78, 5) is 2.62. The van der Waals surface area contributed by atoms with Crippen LogP contribution in [0.4, 0.5) is 0 Å². The van der Waals surface area contributed by atoms with Crippen molar-refractivity contribution in [1.82, 2.24) is 4.90 Å². The molecule has 3 nitrogen and oxygen atoms in total. The summed E-state index contributed by atoms with van der Waals surface area (Å²) in [5, 5.41) is 0. The molecule has 0 bridgehead atoms. The smallest absolute Gasteiger partial charge is 0.0710 e. The molecule has 3 atom stereocenters. The third-order valence-electron chi connectivity index (χ3n) is 4.15. The Morgan fingerprint density at radius 3 is 2.73 bits per heavy atom. The minimum Gasteiger partial charge on any atom is -0.380 e. The van der Waals surface area contributed by atoms with E-state index in [1.54, 1.807) is 0 Å². The fraction of sp³-hybridized carbons (Fsp3) is 1.00. The van der Waals surface area contributed by atoms with Gasteiger partial charge in [-0.25, -0.2) is 0 Å². The van der Waals surface area contributed by atoms with E-state index < -0.39 is 0 Å². The molecule has 0 aromatic carbocycles. The van der Waals surface area contributed by atoms with Crippen molar-refractivity contribution in [3.05, 3.63) is 0 Å². The first-order valence-corrected chi connectivity index (χ1v) is 6.32. The number of rotatable bonds is 3. The molecule has 0 aromatic heterocycles. The van der Waals surface area contributed by atoms with Crippen LogP contribution in [0.2, 0.25) is 0 Å². The van der Waals surface area contributed by atoms with Crippen molar-refractivity contribution in [2.75, 3.05) is 26.7 Å². The second kappa shape index (κ2) is 5.28. The van der Waals surface area contributed by atoms with Gasteiger partial charge in [-0.2, -0.15) is 0 Å². The predicted octanol–water partition coefficient (Wildman–Crippen LogP) is 1.22. The zero-order valence-corrected chi connectivity index (χ0v) is 9.82. The van der Waals surface area contributed by atoms with Crippen LogP contribution in [-0.4, -0.2) is 43.8 Å². The normalized spacial score (nSPS) is 38.4. The van der Waals surface area contributed by atoms with Crippen LogP contribution in [0.15, 0.2) is 0 Å². The molecular formula is C12H24N2O. The van der Waals surface area contributed by atoms with Gasteiger partial charge in [-0.1, -0.05) is 12.8 Å². The van der Waals surface area contributed by atoms with Crippen LogP contribution in [0.25, 0.3) is 0 Å². The molecule has 3 unspecified atom stereocenters. The molecule has 0 spiro atoms. The summed E-state index contributed by atoms with van der Waals surface area (Å²) in [6, 6.07) is 0.740. The van der Waals surface area contributed by atoms with Crippen molar-refractivity contribution in [1.29, 1.82) is 0 Å². The molecule has 2 N–H and O–H groups in total. The van der Waals surface area contributed by atoms with E-state index in [2.05, 4.69) is 4.90 Å². The lowest BCUT2D eigenvalue weighted by atomic mass is 9.84. The molecule has 2 aliphatic rings. The molecule has 1 aliphatic heterocycles. The number of likely N-dealkylation sites (tertiary alicyclic amines) is 1. The van der Waals surface area contributed by atoms with Crippen LogP contribution in [-0.2, 0) is 4.74 Å². The minimum atomic E-state index is 0.463. The Kier molecular flexibility index (Phi) is 4.00. The maximum Gasteiger partial charge on any atom is 0.0710 e. The van der Waals surface area contributed by atoms with Crippen LogP contribution in [0, 0.1) is 5.92 Å². The van der Waals surface area contributed by atoms with Gasteiger partial charge in [0.1, 0.15) is 0 Å². The summed E-state index contributed by atoms with van der Waals surface area (Å²) in [6.45, 7) is 3.19. The van der Waals surface area contributed by atoms with E-state index in [4.69, 9.17) is 10.5 Å². The summed E-state index contributed by atoms with van der Waals surface area (Å²) in [7, 11) is 1.83. The monoisotopic (exact) mass is 212 g/mol. The summed E-state index contributed by atoms with van der Waals surface area (Å²) < 4.78 is 5.43. The SMILES string of the molecule is COC1CCN(C2CCCCC2CN)C1. The molecule has 1 heterocycles. The van der Waals surface area contributed by atoms with Crippen molar-refractivity contribution in [3.63, 3.8) is 0 Å². The molecule has 1 saturated heterocycles. The average Bonchev–Trinajstić information content (AvgIpc) is 2.77. The zero-order chi connectivity index (χ0) is 10.7. The summed E-state index contributed by atoms with van der Waals surface area (Å²) in [6.07, 6.45) is 7.10. The zero-order valence-electron chi connectivity index (χ0n) is 9.82. The lowest BCUT2D eigenvalue weighted by Gasteiger charge is -2.37. The van der Waals surface area contributed by atoms with Gasteiger partial charge in [-0.05, 0) is 31.7 Å².